The van der Waals surface area contributed by atoms with Crippen LogP contribution in [0.4, 0.5) is 4.79 Å². The van der Waals surface area contributed by atoms with Crippen molar-refractivity contribution in [3.8, 4) is 0 Å². The van der Waals surface area contributed by atoms with Gasteiger partial charge >= 0.3 is 12.0 Å². The minimum absolute atomic E-state index is 0.312. The van der Waals surface area contributed by atoms with Gasteiger partial charge in [-0.3, -0.25) is 14.2 Å². The molecule has 1 N–H and O–H groups in total. The highest BCUT2D eigenvalue weighted by atomic mass is 16.4. The van der Waals surface area contributed by atoms with E-state index in [2.05, 4.69) is 0 Å². The molecule has 19 heavy (non-hydrogen) atoms. The smallest absolute Gasteiger partial charge is 0.336 e. The lowest BCUT2D eigenvalue weighted by Crippen LogP contribution is -2.36. The summed E-state index contributed by atoms with van der Waals surface area (Å²) >= 11 is 0. The molecule has 6 nitrogen and oxygen atoms in total. The topological polar surface area (TPSA) is 79.6 Å². The molecule has 0 atom stereocenters. The molecule has 1 aliphatic rings. The molecule has 0 bridgehead atoms. The van der Waals surface area contributed by atoms with Gasteiger partial charge in [-0.15, -0.1) is 0 Å². The van der Waals surface area contributed by atoms with E-state index in [-0.39, 0.29) is 0 Å². The Balaban J connectivity index is 2.51. The summed E-state index contributed by atoms with van der Waals surface area (Å²) in [6, 6.07) is -0.564. The van der Waals surface area contributed by atoms with Gasteiger partial charge in [-0.25, -0.2) is 9.69 Å². The highest BCUT2D eigenvalue weighted by Crippen LogP contribution is 2.29. The Bertz CT molecular complexity index is 546. The van der Waals surface area contributed by atoms with Crippen molar-refractivity contribution in [3.63, 3.8) is 0 Å². The van der Waals surface area contributed by atoms with Gasteiger partial charge in [-0.05, 0) is 31.4 Å². The minimum Gasteiger partial charge on any atom is -0.480 e. The van der Waals surface area contributed by atoms with Crippen LogP contribution in [0.1, 0.15) is 40.7 Å². The van der Waals surface area contributed by atoms with Gasteiger partial charge in [0.15, 0.2) is 0 Å². The maximum Gasteiger partial charge on any atom is 0.336 e. The molecule has 0 aromatic carbocycles. The van der Waals surface area contributed by atoms with E-state index < -0.39 is 24.5 Å². The van der Waals surface area contributed by atoms with Crippen LogP contribution in [0, 0.1) is 13.8 Å². The molecule has 0 fully saturated rings. The summed E-state index contributed by atoms with van der Waals surface area (Å²) in [5.41, 5.74) is 2.84. The Morgan fingerprint density at radius 3 is 2.37 bits per heavy atom. The molecular formula is C13H16N2O4. The van der Waals surface area contributed by atoms with E-state index in [0.29, 0.717) is 5.69 Å². The second kappa shape index (κ2) is 4.53. The number of fused-ring (bicyclic) bond motifs is 1. The second-order valence-electron chi connectivity index (χ2n) is 4.69. The quantitative estimate of drug-likeness (QED) is 0.895. The highest BCUT2D eigenvalue weighted by Gasteiger charge is 2.40. The number of carboxylic acid groups (broad SMARTS) is 1. The summed E-state index contributed by atoms with van der Waals surface area (Å²) in [6.07, 6.45) is 1.73. The number of hydrogen-bond donors (Lipinski definition) is 1. The van der Waals surface area contributed by atoms with Crippen LogP contribution in [0.2, 0.25) is 0 Å². The van der Waals surface area contributed by atoms with Crippen LogP contribution in [-0.2, 0) is 11.2 Å². The van der Waals surface area contributed by atoms with Crippen LogP contribution < -0.4 is 0 Å². The number of carboxylic acids is 1. The summed E-state index contributed by atoms with van der Waals surface area (Å²) in [5.74, 6) is -1.72. The average Bonchev–Trinajstić information content (AvgIpc) is 2.72. The third-order valence-corrected chi connectivity index (χ3v) is 3.47. The van der Waals surface area contributed by atoms with Crippen molar-refractivity contribution < 1.29 is 19.5 Å². The van der Waals surface area contributed by atoms with Crippen molar-refractivity contribution in [3.05, 3.63) is 22.5 Å². The third-order valence-electron chi connectivity index (χ3n) is 3.47. The van der Waals surface area contributed by atoms with Crippen LogP contribution in [0.5, 0.6) is 0 Å². The molecule has 1 aromatic heterocycles. The van der Waals surface area contributed by atoms with Crippen molar-refractivity contribution in [2.45, 2.75) is 33.6 Å². The lowest BCUT2D eigenvalue weighted by molar-refractivity contribution is -0.137. The molecule has 0 saturated heterocycles. The van der Waals surface area contributed by atoms with Gasteiger partial charge in [-0.2, -0.15) is 0 Å². The number of nitrogens with zero attached hydrogens (tertiary/aromatic N) is 2. The molecule has 102 valence electrons. The zero-order valence-electron chi connectivity index (χ0n) is 11.2. The van der Waals surface area contributed by atoms with Gasteiger partial charge in [0.05, 0.1) is 0 Å². The molecule has 0 saturated carbocycles. The van der Waals surface area contributed by atoms with Crippen LogP contribution in [0.25, 0.3) is 0 Å². The minimum atomic E-state index is -1.20. The fraction of sp³-hybridized carbons (Fsp3) is 0.462. The summed E-state index contributed by atoms with van der Waals surface area (Å²) in [5, 5.41) is 8.75. The standard InChI is InChI=1S/C13H16N2O4/c1-4-5-9-7(2)11-12(18)14(6-10(16)17)13(19)15(11)8(9)3/h4-6H2,1-3H3,(H,16,17). The van der Waals surface area contributed by atoms with Crippen LogP contribution in [0.15, 0.2) is 0 Å². The molecule has 0 aliphatic carbocycles. The number of hydrogen-bond acceptors (Lipinski definition) is 3. The monoisotopic (exact) mass is 264 g/mol. The SMILES string of the molecule is CCCc1c(C)c2n(c1C)C(=O)N(CC(=O)O)C2=O. The predicted octanol–water partition coefficient (Wildman–Crippen LogP) is 1.57. The summed E-state index contributed by atoms with van der Waals surface area (Å²) in [4.78, 5) is 35.8. The average molecular weight is 264 g/mol. The van der Waals surface area contributed by atoms with Crippen LogP contribution in [-0.4, -0.2) is 39.0 Å². The van der Waals surface area contributed by atoms with E-state index in [1.165, 1.54) is 4.57 Å². The molecular weight excluding hydrogens is 248 g/mol. The molecule has 0 radical (unpaired) electrons. The number of carbonyl (C=O) groups excluding carboxylic acids is 2. The Kier molecular flexibility index (Phi) is 3.18. The fourth-order valence-corrected chi connectivity index (χ4v) is 2.61. The van der Waals surface area contributed by atoms with Crippen molar-refractivity contribution in [1.82, 2.24) is 9.47 Å². The maximum atomic E-state index is 12.2. The molecule has 2 amide bonds. The zero-order valence-corrected chi connectivity index (χ0v) is 11.2. The van der Waals surface area contributed by atoms with Crippen LogP contribution >= 0.6 is 0 Å². The van der Waals surface area contributed by atoms with Crippen molar-refractivity contribution in [2.75, 3.05) is 6.54 Å². The largest absolute Gasteiger partial charge is 0.480 e. The van der Waals surface area contributed by atoms with E-state index in [4.69, 9.17) is 5.11 Å². The van der Waals surface area contributed by atoms with E-state index in [9.17, 15) is 14.4 Å². The van der Waals surface area contributed by atoms with Gasteiger partial charge in [-0.1, -0.05) is 13.3 Å². The number of rotatable bonds is 4. The summed E-state index contributed by atoms with van der Waals surface area (Å²) in [7, 11) is 0. The van der Waals surface area contributed by atoms with E-state index in [1.54, 1.807) is 13.8 Å². The third kappa shape index (κ3) is 1.83. The first-order chi connectivity index (χ1) is 8.90. The number of carbonyl (C=O) groups is 3. The normalized spacial score (nSPS) is 14.2. The number of imide groups is 1. The number of aliphatic carboxylic acids is 1. The Labute approximate surface area is 110 Å². The number of amides is 2. The van der Waals surface area contributed by atoms with Crippen LogP contribution in [0.3, 0.4) is 0 Å². The Morgan fingerprint density at radius 1 is 1.26 bits per heavy atom. The molecule has 1 aliphatic heterocycles. The Hall–Kier alpha value is -2.11. The molecule has 0 spiro atoms. The van der Waals surface area contributed by atoms with Crippen molar-refractivity contribution in [1.29, 1.82) is 0 Å². The second-order valence-corrected chi connectivity index (χ2v) is 4.69. The van der Waals surface area contributed by atoms with Gasteiger partial charge in [0.2, 0.25) is 0 Å². The van der Waals surface area contributed by atoms with Gasteiger partial charge in [0, 0.05) is 5.69 Å². The van der Waals surface area contributed by atoms with E-state index >= 15 is 0 Å². The highest BCUT2D eigenvalue weighted by molar-refractivity contribution is 6.14. The maximum absolute atomic E-state index is 12.2. The first-order valence-electron chi connectivity index (χ1n) is 6.18. The molecule has 6 heteroatoms. The zero-order chi connectivity index (χ0) is 14.3. The first-order valence-corrected chi connectivity index (χ1v) is 6.18. The Morgan fingerprint density at radius 2 is 1.89 bits per heavy atom. The fourth-order valence-electron chi connectivity index (χ4n) is 2.61. The van der Waals surface area contributed by atoms with Gasteiger partial charge in [0.25, 0.3) is 5.91 Å². The number of aromatic nitrogens is 1. The summed E-state index contributed by atoms with van der Waals surface area (Å²) in [6.45, 7) is 5.03. The lowest BCUT2D eigenvalue weighted by atomic mass is 10.1. The molecule has 2 heterocycles. The van der Waals surface area contributed by atoms with Gasteiger partial charge < -0.3 is 5.11 Å². The predicted molar refractivity (Wildman–Crippen MR) is 67.4 cm³/mol. The van der Waals surface area contributed by atoms with E-state index in [1.807, 2.05) is 6.92 Å². The van der Waals surface area contributed by atoms with Crippen molar-refractivity contribution in [2.24, 2.45) is 0 Å². The first kappa shape index (κ1) is 13.3. The molecule has 0 unspecified atom stereocenters. The van der Waals surface area contributed by atoms with E-state index in [0.717, 1.165) is 34.6 Å². The summed E-state index contributed by atoms with van der Waals surface area (Å²) < 4.78 is 1.34. The van der Waals surface area contributed by atoms with Crippen molar-refractivity contribution >= 4 is 17.9 Å². The molecule has 1 aromatic rings. The molecule has 2 rings (SSSR count). The lowest BCUT2D eigenvalue weighted by Gasteiger charge is -2.11. The van der Waals surface area contributed by atoms with Gasteiger partial charge in [0.1, 0.15) is 12.2 Å².